The maximum atomic E-state index is 6.42. The van der Waals surface area contributed by atoms with Crippen LogP contribution in [0.15, 0.2) is 18.2 Å². The van der Waals surface area contributed by atoms with Crippen LogP contribution in [0.4, 0.5) is 0 Å². The monoisotopic (exact) mass is 305 g/mol. The van der Waals surface area contributed by atoms with Gasteiger partial charge in [-0.3, -0.25) is 4.68 Å². The summed E-state index contributed by atoms with van der Waals surface area (Å²) in [5.41, 5.74) is 5.78. The zero-order chi connectivity index (χ0) is 15.4. The van der Waals surface area contributed by atoms with E-state index in [1.165, 1.54) is 11.3 Å². The van der Waals surface area contributed by atoms with Crippen molar-refractivity contribution in [3.8, 4) is 11.1 Å². The van der Waals surface area contributed by atoms with Crippen LogP contribution in [0.3, 0.4) is 0 Å². The van der Waals surface area contributed by atoms with Crippen molar-refractivity contribution in [1.29, 1.82) is 0 Å². The molecule has 0 aliphatic carbocycles. The van der Waals surface area contributed by atoms with Crippen molar-refractivity contribution in [3.05, 3.63) is 40.2 Å². The molecule has 3 nitrogen and oxygen atoms in total. The van der Waals surface area contributed by atoms with E-state index >= 15 is 0 Å². The predicted octanol–water partition coefficient (Wildman–Crippen LogP) is 4.34. The van der Waals surface area contributed by atoms with Crippen molar-refractivity contribution >= 4 is 11.6 Å². The Morgan fingerprint density at radius 1 is 1.24 bits per heavy atom. The van der Waals surface area contributed by atoms with E-state index in [4.69, 9.17) is 11.6 Å². The lowest BCUT2D eigenvalue weighted by Gasteiger charge is -2.09. The standard InChI is InChI=1S/C17H24ClN3/c1-5-9-21-13(4)17(12(3)20-21)14-7-8-15(11-19-6-2)16(18)10-14/h7-8,10,19H,5-6,9,11H2,1-4H3. The number of nitrogens with zero attached hydrogens (tertiary/aromatic N) is 2. The summed E-state index contributed by atoms with van der Waals surface area (Å²) in [6, 6.07) is 6.31. The first kappa shape index (κ1) is 16.1. The zero-order valence-electron chi connectivity index (χ0n) is 13.3. The minimum Gasteiger partial charge on any atom is -0.313 e. The molecule has 0 radical (unpaired) electrons. The Hall–Kier alpha value is -1.32. The molecule has 0 saturated heterocycles. The fraction of sp³-hybridized carbons (Fsp3) is 0.471. The number of rotatable bonds is 6. The lowest BCUT2D eigenvalue weighted by atomic mass is 10.0. The van der Waals surface area contributed by atoms with Gasteiger partial charge in [0.15, 0.2) is 0 Å². The quantitative estimate of drug-likeness (QED) is 0.860. The normalized spacial score (nSPS) is 11.1. The molecule has 0 saturated carbocycles. The van der Waals surface area contributed by atoms with Gasteiger partial charge in [0.05, 0.1) is 5.69 Å². The highest BCUT2D eigenvalue weighted by molar-refractivity contribution is 6.31. The van der Waals surface area contributed by atoms with Gasteiger partial charge in [-0.2, -0.15) is 5.10 Å². The van der Waals surface area contributed by atoms with Crippen molar-refractivity contribution in [3.63, 3.8) is 0 Å². The zero-order valence-corrected chi connectivity index (χ0v) is 14.1. The first-order valence-corrected chi connectivity index (χ1v) is 7.99. The molecule has 2 aromatic rings. The van der Waals surface area contributed by atoms with Crippen molar-refractivity contribution in [1.82, 2.24) is 15.1 Å². The molecule has 0 bridgehead atoms. The molecule has 0 amide bonds. The van der Waals surface area contributed by atoms with E-state index in [9.17, 15) is 0 Å². The number of aryl methyl sites for hydroxylation is 2. The Labute approximate surface area is 132 Å². The van der Waals surface area contributed by atoms with Crippen LogP contribution in [0, 0.1) is 13.8 Å². The minimum absolute atomic E-state index is 0.808. The summed E-state index contributed by atoms with van der Waals surface area (Å²) in [6.07, 6.45) is 1.09. The van der Waals surface area contributed by atoms with Gasteiger partial charge in [0, 0.05) is 29.4 Å². The fourth-order valence-electron chi connectivity index (χ4n) is 2.65. The molecule has 0 fully saturated rings. The van der Waals surface area contributed by atoms with Gasteiger partial charge in [-0.15, -0.1) is 0 Å². The SMILES string of the molecule is CCCn1nc(C)c(-c2ccc(CNCC)c(Cl)c2)c1C. The maximum absolute atomic E-state index is 6.42. The van der Waals surface area contributed by atoms with Crippen LogP contribution < -0.4 is 5.32 Å². The molecule has 114 valence electrons. The topological polar surface area (TPSA) is 29.9 Å². The number of aromatic nitrogens is 2. The molecule has 2 rings (SSSR count). The first-order chi connectivity index (χ1) is 10.1. The molecular weight excluding hydrogens is 282 g/mol. The molecule has 0 spiro atoms. The van der Waals surface area contributed by atoms with E-state index < -0.39 is 0 Å². The van der Waals surface area contributed by atoms with E-state index in [1.807, 2.05) is 0 Å². The number of nitrogens with one attached hydrogen (secondary N) is 1. The highest BCUT2D eigenvalue weighted by Gasteiger charge is 2.14. The molecule has 0 atom stereocenters. The number of hydrogen-bond acceptors (Lipinski definition) is 2. The summed E-state index contributed by atoms with van der Waals surface area (Å²) in [6.45, 7) is 11.2. The molecule has 1 aromatic carbocycles. The second kappa shape index (κ2) is 7.10. The van der Waals surface area contributed by atoms with E-state index in [-0.39, 0.29) is 0 Å². The third kappa shape index (κ3) is 3.47. The number of halogens is 1. The van der Waals surface area contributed by atoms with Gasteiger partial charge in [0.25, 0.3) is 0 Å². The van der Waals surface area contributed by atoms with E-state index in [0.29, 0.717) is 0 Å². The second-order valence-electron chi connectivity index (χ2n) is 5.36. The van der Waals surface area contributed by atoms with Crippen molar-refractivity contribution in [2.45, 2.75) is 47.2 Å². The Kier molecular flexibility index (Phi) is 5.43. The van der Waals surface area contributed by atoms with Crippen LogP contribution in [0.5, 0.6) is 0 Å². The van der Waals surface area contributed by atoms with Gasteiger partial charge in [-0.1, -0.05) is 37.6 Å². The van der Waals surface area contributed by atoms with Crippen LogP contribution in [0.2, 0.25) is 5.02 Å². The highest BCUT2D eigenvalue weighted by atomic mass is 35.5. The van der Waals surface area contributed by atoms with Gasteiger partial charge in [-0.05, 0) is 44.0 Å². The van der Waals surface area contributed by atoms with Crippen molar-refractivity contribution < 1.29 is 0 Å². The van der Waals surface area contributed by atoms with Crippen LogP contribution in [-0.2, 0) is 13.1 Å². The van der Waals surface area contributed by atoms with Gasteiger partial charge in [0.2, 0.25) is 0 Å². The average Bonchev–Trinajstić information content (AvgIpc) is 2.73. The lowest BCUT2D eigenvalue weighted by molar-refractivity contribution is 0.583. The highest BCUT2D eigenvalue weighted by Crippen LogP contribution is 2.30. The van der Waals surface area contributed by atoms with E-state index in [2.05, 4.69) is 61.0 Å². The summed E-state index contributed by atoms with van der Waals surface area (Å²) < 4.78 is 2.09. The second-order valence-corrected chi connectivity index (χ2v) is 5.76. The summed E-state index contributed by atoms with van der Waals surface area (Å²) >= 11 is 6.42. The third-order valence-corrected chi connectivity index (χ3v) is 4.08. The summed E-state index contributed by atoms with van der Waals surface area (Å²) in [4.78, 5) is 0. The Morgan fingerprint density at radius 3 is 2.62 bits per heavy atom. The van der Waals surface area contributed by atoms with Crippen LogP contribution in [-0.4, -0.2) is 16.3 Å². The summed E-state index contributed by atoms with van der Waals surface area (Å²) in [5, 5.41) is 8.76. The predicted molar refractivity (Wildman–Crippen MR) is 89.8 cm³/mol. The lowest BCUT2D eigenvalue weighted by Crippen LogP contribution is -2.11. The minimum atomic E-state index is 0.808. The van der Waals surface area contributed by atoms with Crippen LogP contribution >= 0.6 is 11.6 Å². The fourth-order valence-corrected chi connectivity index (χ4v) is 2.90. The summed E-state index contributed by atoms with van der Waals surface area (Å²) in [7, 11) is 0. The van der Waals surface area contributed by atoms with E-state index in [1.54, 1.807) is 0 Å². The Bertz CT molecular complexity index is 617. The average molecular weight is 306 g/mol. The third-order valence-electron chi connectivity index (χ3n) is 3.72. The van der Waals surface area contributed by atoms with Gasteiger partial charge < -0.3 is 5.32 Å². The van der Waals surface area contributed by atoms with Gasteiger partial charge in [-0.25, -0.2) is 0 Å². The van der Waals surface area contributed by atoms with Crippen LogP contribution in [0.1, 0.15) is 37.2 Å². The summed E-state index contributed by atoms with van der Waals surface area (Å²) in [5.74, 6) is 0. The molecule has 4 heteroatoms. The van der Waals surface area contributed by atoms with Crippen LogP contribution in [0.25, 0.3) is 11.1 Å². The Balaban J connectivity index is 2.36. The maximum Gasteiger partial charge on any atom is 0.0674 e. The van der Waals surface area contributed by atoms with E-state index in [0.717, 1.165) is 47.9 Å². The largest absolute Gasteiger partial charge is 0.313 e. The number of hydrogen-bond donors (Lipinski definition) is 1. The molecule has 21 heavy (non-hydrogen) atoms. The van der Waals surface area contributed by atoms with Crippen molar-refractivity contribution in [2.75, 3.05) is 6.54 Å². The first-order valence-electron chi connectivity index (χ1n) is 7.62. The van der Waals surface area contributed by atoms with Gasteiger partial charge >= 0.3 is 0 Å². The Morgan fingerprint density at radius 2 is 2.00 bits per heavy atom. The smallest absolute Gasteiger partial charge is 0.0674 e. The molecule has 0 unspecified atom stereocenters. The molecular formula is C17H24ClN3. The molecule has 1 N–H and O–H groups in total. The van der Waals surface area contributed by atoms with Crippen molar-refractivity contribution in [2.24, 2.45) is 0 Å². The molecule has 0 aliphatic rings. The van der Waals surface area contributed by atoms with Gasteiger partial charge in [0.1, 0.15) is 0 Å². The molecule has 1 aromatic heterocycles. The number of benzene rings is 1. The molecule has 1 heterocycles. The molecule has 0 aliphatic heterocycles.